The van der Waals surface area contributed by atoms with Gasteiger partial charge in [-0.25, -0.2) is 0 Å². The number of rotatable bonds is 7. The zero-order valence-electron chi connectivity index (χ0n) is 17.4. The normalized spacial score (nSPS) is 12.5. The maximum atomic E-state index is 12.8. The van der Waals surface area contributed by atoms with Gasteiger partial charge in [0.2, 0.25) is 0 Å². The van der Waals surface area contributed by atoms with Crippen LogP contribution in [0.4, 0.5) is 5.69 Å². The summed E-state index contributed by atoms with van der Waals surface area (Å²) in [6, 6.07) is 24.0. The van der Waals surface area contributed by atoms with E-state index in [1.54, 1.807) is 31.2 Å². The molecule has 5 heteroatoms. The van der Waals surface area contributed by atoms with Crippen molar-refractivity contribution in [2.75, 3.05) is 5.32 Å². The summed E-state index contributed by atoms with van der Waals surface area (Å²) < 4.78 is 5.74. The number of hydrogen-bond donors (Lipinski definition) is 2. The third-order valence-electron chi connectivity index (χ3n) is 4.75. The van der Waals surface area contributed by atoms with E-state index in [0.29, 0.717) is 17.0 Å². The third-order valence-corrected chi connectivity index (χ3v) is 4.75. The molecule has 0 bridgehead atoms. The van der Waals surface area contributed by atoms with Gasteiger partial charge in [0.25, 0.3) is 11.8 Å². The standard InChI is InChI=1S/C25H26N2O3/c1-17-10-9-13-21(16-17)30-19(3)24(28)27-23-15-8-7-14-22(23)25(29)26-18(2)20-11-5-4-6-12-20/h4-16,18-19H,1-3H3,(H,26,29)(H,27,28)/t18-,19+/m1/s1. The van der Waals surface area contributed by atoms with Crippen LogP contribution in [0.25, 0.3) is 0 Å². The van der Waals surface area contributed by atoms with Gasteiger partial charge in [0.15, 0.2) is 6.10 Å². The summed E-state index contributed by atoms with van der Waals surface area (Å²) >= 11 is 0. The average Bonchev–Trinajstić information content (AvgIpc) is 2.74. The largest absolute Gasteiger partial charge is 0.481 e. The maximum absolute atomic E-state index is 12.8. The van der Waals surface area contributed by atoms with Crippen LogP contribution in [0.1, 0.15) is 41.4 Å². The van der Waals surface area contributed by atoms with Gasteiger partial charge >= 0.3 is 0 Å². The van der Waals surface area contributed by atoms with Crippen molar-refractivity contribution in [3.8, 4) is 5.75 Å². The summed E-state index contributed by atoms with van der Waals surface area (Å²) in [7, 11) is 0. The van der Waals surface area contributed by atoms with Gasteiger partial charge in [-0.05, 0) is 56.2 Å². The van der Waals surface area contributed by atoms with E-state index in [4.69, 9.17) is 4.74 Å². The molecular formula is C25H26N2O3. The first-order chi connectivity index (χ1) is 14.4. The Morgan fingerprint density at radius 3 is 2.30 bits per heavy atom. The molecule has 5 nitrogen and oxygen atoms in total. The van der Waals surface area contributed by atoms with Crippen LogP contribution in [-0.4, -0.2) is 17.9 Å². The molecule has 0 aliphatic rings. The van der Waals surface area contributed by atoms with Crippen LogP contribution < -0.4 is 15.4 Å². The summed E-state index contributed by atoms with van der Waals surface area (Å²) in [5, 5.41) is 5.79. The first-order valence-electron chi connectivity index (χ1n) is 9.93. The first-order valence-corrected chi connectivity index (χ1v) is 9.93. The van der Waals surface area contributed by atoms with Crippen molar-refractivity contribution in [3.05, 3.63) is 95.6 Å². The lowest BCUT2D eigenvalue weighted by molar-refractivity contribution is -0.122. The fraction of sp³-hybridized carbons (Fsp3) is 0.200. The second-order valence-corrected chi connectivity index (χ2v) is 7.22. The van der Waals surface area contributed by atoms with Crippen molar-refractivity contribution in [1.29, 1.82) is 0 Å². The van der Waals surface area contributed by atoms with E-state index in [9.17, 15) is 9.59 Å². The van der Waals surface area contributed by atoms with Crippen LogP contribution in [-0.2, 0) is 4.79 Å². The summed E-state index contributed by atoms with van der Waals surface area (Å²) in [5.41, 5.74) is 2.90. The highest BCUT2D eigenvalue weighted by Gasteiger charge is 2.19. The lowest BCUT2D eigenvalue weighted by Crippen LogP contribution is -2.32. The molecule has 3 aromatic rings. The molecule has 0 fully saturated rings. The molecule has 2 amide bonds. The van der Waals surface area contributed by atoms with Crippen molar-refractivity contribution in [1.82, 2.24) is 5.32 Å². The quantitative estimate of drug-likeness (QED) is 0.591. The lowest BCUT2D eigenvalue weighted by atomic mass is 10.1. The molecule has 0 aliphatic carbocycles. The highest BCUT2D eigenvalue weighted by molar-refractivity contribution is 6.04. The molecule has 0 aromatic heterocycles. The van der Waals surface area contributed by atoms with Crippen molar-refractivity contribution in [2.24, 2.45) is 0 Å². The Bertz CT molecular complexity index is 1020. The number of benzene rings is 3. The Kier molecular flexibility index (Phi) is 6.86. The summed E-state index contributed by atoms with van der Waals surface area (Å²) in [4.78, 5) is 25.5. The van der Waals surface area contributed by atoms with Crippen LogP contribution in [0.2, 0.25) is 0 Å². The molecule has 0 aliphatic heterocycles. The second-order valence-electron chi connectivity index (χ2n) is 7.22. The van der Waals surface area contributed by atoms with E-state index in [-0.39, 0.29) is 17.9 Å². The number of carbonyl (C=O) groups is 2. The van der Waals surface area contributed by atoms with Crippen molar-refractivity contribution in [2.45, 2.75) is 32.9 Å². The van der Waals surface area contributed by atoms with Gasteiger partial charge in [0, 0.05) is 0 Å². The monoisotopic (exact) mass is 402 g/mol. The van der Waals surface area contributed by atoms with Gasteiger partial charge in [0.05, 0.1) is 17.3 Å². The molecular weight excluding hydrogens is 376 g/mol. The van der Waals surface area contributed by atoms with Crippen LogP contribution in [0.3, 0.4) is 0 Å². The molecule has 3 aromatic carbocycles. The number of carbonyl (C=O) groups excluding carboxylic acids is 2. The minimum Gasteiger partial charge on any atom is -0.481 e. The van der Waals surface area contributed by atoms with Crippen molar-refractivity contribution < 1.29 is 14.3 Å². The van der Waals surface area contributed by atoms with Gasteiger partial charge in [-0.2, -0.15) is 0 Å². The van der Waals surface area contributed by atoms with Gasteiger partial charge in [-0.1, -0.05) is 54.6 Å². The first kappa shape index (κ1) is 21.1. The number of amides is 2. The molecule has 0 spiro atoms. The molecule has 0 saturated carbocycles. The van der Waals surface area contributed by atoms with Gasteiger partial charge in [-0.3, -0.25) is 9.59 Å². The Hall–Kier alpha value is -3.60. The molecule has 2 atom stereocenters. The fourth-order valence-electron chi connectivity index (χ4n) is 3.07. The molecule has 3 rings (SSSR count). The van der Waals surface area contributed by atoms with E-state index in [1.165, 1.54) is 0 Å². The highest BCUT2D eigenvalue weighted by Crippen LogP contribution is 2.19. The van der Waals surface area contributed by atoms with E-state index >= 15 is 0 Å². The lowest BCUT2D eigenvalue weighted by Gasteiger charge is -2.18. The van der Waals surface area contributed by atoms with Gasteiger partial charge < -0.3 is 15.4 Å². The predicted molar refractivity (Wildman–Crippen MR) is 119 cm³/mol. The van der Waals surface area contributed by atoms with Crippen LogP contribution in [0, 0.1) is 6.92 Å². The maximum Gasteiger partial charge on any atom is 0.265 e. The molecule has 30 heavy (non-hydrogen) atoms. The Labute approximate surface area is 177 Å². The zero-order valence-corrected chi connectivity index (χ0v) is 17.4. The van der Waals surface area contributed by atoms with E-state index in [1.807, 2.05) is 68.4 Å². The average molecular weight is 402 g/mol. The number of ether oxygens (including phenoxy) is 1. The SMILES string of the molecule is Cc1cccc(O[C@@H](C)C(=O)Nc2ccccc2C(=O)N[C@H](C)c2ccccc2)c1. The molecule has 0 unspecified atom stereocenters. The second kappa shape index (κ2) is 9.74. The van der Waals surface area contributed by atoms with Crippen LogP contribution in [0.15, 0.2) is 78.9 Å². The molecule has 2 N–H and O–H groups in total. The minimum absolute atomic E-state index is 0.161. The predicted octanol–water partition coefficient (Wildman–Crippen LogP) is 4.89. The molecule has 154 valence electrons. The molecule has 0 saturated heterocycles. The van der Waals surface area contributed by atoms with Crippen molar-refractivity contribution >= 4 is 17.5 Å². The third kappa shape index (κ3) is 5.47. The van der Waals surface area contributed by atoms with E-state index < -0.39 is 6.10 Å². The number of anilines is 1. The number of aryl methyl sites for hydroxylation is 1. The fourth-order valence-corrected chi connectivity index (χ4v) is 3.07. The van der Waals surface area contributed by atoms with Gasteiger partial charge in [0.1, 0.15) is 5.75 Å². The van der Waals surface area contributed by atoms with Crippen LogP contribution >= 0.6 is 0 Å². The highest BCUT2D eigenvalue weighted by atomic mass is 16.5. The topological polar surface area (TPSA) is 67.4 Å². The minimum atomic E-state index is -0.717. The number of para-hydroxylation sites is 1. The molecule has 0 radical (unpaired) electrons. The summed E-state index contributed by atoms with van der Waals surface area (Å²) in [5.74, 6) is 0.0442. The van der Waals surface area contributed by atoms with E-state index in [2.05, 4.69) is 10.6 Å². The number of nitrogens with one attached hydrogen (secondary N) is 2. The molecule has 0 heterocycles. The van der Waals surface area contributed by atoms with Gasteiger partial charge in [-0.15, -0.1) is 0 Å². The Morgan fingerprint density at radius 2 is 1.57 bits per heavy atom. The Morgan fingerprint density at radius 1 is 0.867 bits per heavy atom. The van der Waals surface area contributed by atoms with E-state index in [0.717, 1.165) is 11.1 Å². The number of hydrogen-bond acceptors (Lipinski definition) is 3. The van der Waals surface area contributed by atoms with Crippen molar-refractivity contribution in [3.63, 3.8) is 0 Å². The van der Waals surface area contributed by atoms with Crippen LogP contribution in [0.5, 0.6) is 5.75 Å². The summed E-state index contributed by atoms with van der Waals surface area (Å²) in [6.45, 7) is 5.56. The Balaban J connectivity index is 1.68. The zero-order chi connectivity index (χ0) is 21.5. The summed E-state index contributed by atoms with van der Waals surface area (Å²) in [6.07, 6.45) is -0.717. The smallest absolute Gasteiger partial charge is 0.265 e.